The Kier molecular flexibility index (Phi) is 3.26. The molecule has 1 aliphatic rings. The molecular formula is C23H25N. The lowest BCUT2D eigenvalue weighted by molar-refractivity contribution is 0.547. The first-order valence-electron chi connectivity index (χ1n) is 10.4. The van der Waals surface area contributed by atoms with Gasteiger partial charge in [0, 0.05) is 17.1 Å². The zero-order chi connectivity index (χ0) is 19.1. The third-order valence-corrected chi connectivity index (χ3v) is 5.10. The van der Waals surface area contributed by atoms with Gasteiger partial charge in [0.15, 0.2) is 0 Å². The number of aromatic nitrogens is 1. The Labute approximate surface area is 149 Å². The molecule has 1 saturated carbocycles. The number of fused-ring (bicyclic) bond motifs is 1. The zero-order valence-corrected chi connectivity index (χ0v) is 14.4. The highest BCUT2D eigenvalue weighted by Crippen LogP contribution is 2.31. The average Bonchev–Trinajstić information content (AvgIpc) is 3.14. The molecule has 1 fully saturated rings. The monoisotopic (exact) mass is 318 g/mol. The Morgan fingerprint density at radius 1 is 1.08 bits per heavy atom. The van der Waals surface area contributed by atoms with Crippen LogP contribution in [0.2, 0.25) is 0 Å². The lowest BCUT2D eigenvalue weighted by atomic mass is 9.94. The normalized spacial score (nSPS) is 17.0. The topological polar surface area (TPSA) is 12.9 Å². The summed E-state index contributed by atoms with van der Waals surface area (Å²) in [5, 5.41) is 1.64. The fraction of sp³-hybridized carbons (Fsp3) is 0.348. The average molecular weight is 318 g/mol. The van der Waals surface area contributed by atoms with Gasteiger partial charge in [-0.2, -0.15) is 0 Å². The van der Waals surface area contributed by atoms with Gasteiger partial charge in [-0.15, -0.1) is 0 Å². The van der Waals surface area contributed by atoms with Gasteiger partial charge >= 0.3 is 0 Å². The van der Waals surface area contributed by atoms with Crippen molar-refractivity contribution < 1.29 is 4.11 Å². The standard InChI is InChI=1S/C23H25N/c1-16-11-17(2)13-21(12-16)23-22-8-7-19(14-18-5-3-4-6-18)15-20(22)9-10-24-23/h7-13,15,18H,3-6,14H2,1-2H3/i9D,10D,12D. The van der Waals surface area contributed by atoms with Crippen molar-refractivity contribution in [3.05, 3.63) is 65.3 Å². The number of pyridine rings is 1. The SMILES string of the molecule is [2H]c1nc(-c2cc(C)cc(C)c2[2H])c2ccc(CC3CCCC3)cc2c1[2H]. The van der Waals surface area contributed by atoms with Crippen molar-refractivity contribution in [1.82, 2.24) is 4.98 Å². The first-order valence-corrected chi connectivity index (χ1v) is 8.92. The molecule has 1 heterocycles. The van der Waals surface area contributed by atoms with E-state index in [0.717, 1.165) is 39.8 Å². The number of nitrogens with zero attached hydrogens (tertiary/aromatic N) is 1. The van der Waals surface area contributed by atoms with E-state index >= 15 is 0 Å². The van der Waals surface area contributed by atoms with E-state index in [0.29, 0.717) is 11.7 Å². The highest BCUT2D eigenvalue weighted by molar-refractivity contribution is 5.95. The van der Waals surface area contributed by atoms with Crippen LogP contribution >= 0.6 is 0 Å². The molecule has 4 rings (SSSR count). The summed E-state index contributed by atoms with van der Waals surface area (Å²) in [6, 6.07) is 10.8. The molecule has 0 spiro atoms. The maximum Gasteiger partial charge on any atom is 0.0840 e. The van der Waals surface area contributed by atoms with Gasteiger partial charge in [-0.1, -0.05) is 61.1 Å². The van der Waals surface area contributed by atoms with Gasteiger partial charge in [-0.05, 0) is 55.3 Å². The van der Waals surface area contributed by atoms with Crippen LogP contribution in [0.3, 0.4) is 0 Å². The van der Waals surface area contributed by atoms with Crippen LogP contribution in [0.15, 0.2) is 48.6 Å². The maximum absolute atomic E-state index is 8.47. The van der Waals surface area contributed by atoms with E-state index in [2.05, 4.69) is 17.1 Å². The van der Waals surface area contributed by atoms with Crippen LogP contribution in [0.4, 0.5) is 0 Å². The Morgan fingerprint density at radius 3 is 2.75 bits per heavy atom. The quantitative estimate of drug-likeness (QED) is 0.556. The second-order valence-corrected chi connectivity index (χ2v) is 7.19. The van der Waals surface area contributed by atoms with Crippen molar-refractivity contribution in [3.63, 3.8) is 0 Å². The number of hydrogen-bond acceptors (Lipinski definition) is 1. The minimum absolute atomic E-state index is 0.0194. The summed E-state index contributed by atoms with van der Waals surface area (Å²) in [5.74, 6) is 0.743. The molecule has 0 unspecified atom stereocenters. The molecule has 122 valence electrons. The summed E-state index contributed by atoms with van der Waals surface area (Å²) in [6.07, 6.45) is 6.27. The van der Waals surface area contributed by atoms with E-state index in [9.17, 15) is 0 Å². The van der Waals surface area contributed by atoms with Crippen molar-refractivity contribution in [2.24, 2.45) is 5.92 Å². The number of benzene rings is 2. The summed E-state index contributed by atoms with van der Waals surface area (Å²) in [5.41, 5.74) is 4.61. The first-order chi connectivity index (χ1) is 12.9. The molecule has 3 aromatic rings. The van der Waals surface area contributed by atoms with E-state index in [-0.39, 0.29) is 12.2 Å². The van der Waals surface area contributed by atoms with Crippen LogP contribution in [-0.4, -0.2) is 4.98 Å². The van der Waals surface area contributed by atoms with E-state index in [1.54, 1.807) is 0 Å². The van der Waals surface area contributed by atoms with Crippen LogP contribution in [0.5, 0.6) is 0 Å². The zero-order valence-electron chi connectivity index (χ0n) is 17.4. The summed E-state index contributed by atoms with van der Waals surface area (Å²) in [6.45, 7) is 3.94. The second kappa shape index (κ2) is 6.39. The molecule has 0 radical (unpaired) electrons. The molecule has 24 heavy (non-hydrogen) atoms. The van der Waals surface area contributed by atoms with Crippen molar-refractivity contribution in [3.8, 4) is 11.3 Å². The number of aryl methyl sites for hydroxylation is 2. The minimum Gasteiger partial charge on any atom is -0.256 e. The van der Waals surface area contributed by atoms with Gasteiger partial charge < -0.3 is 0 Å². The van der Waals surface area contributed by atoms with Crippen LogP contribution in [0, 0.1) is 19.8 Å². The summed E-state index contributed by atoms with van der Waals surface area (Å²) in [4.78, 5) is 4.41. The molecular weight excluding hydrogens is 290 g/mol. The van der Waals surface area contributed by atoms with Crippen molar-refractivity contribution in [2.75, 3.05) is 0 Å². The highest BCUT2D eigenvalue weighted by Gasteiger charge is 2.16. The molecule has 0 N–H and O–H groups in total. The molecule has 2 aromatic carbocycles. The second-order valence-electron chi connectivity index (χ2n) is 7.19. The molecule has 1 nitrogen and oxygen atoms in total. The molecule has 1 aromatic heterocycles. The smallest absolute Gasteiger partial charge is 0.0840 e. The molecule has 0 amide bonds. The third kappa shape index (κ3) is 3.08. The minimum atomic E-state index is -0.0194. The predicted molar refractivity (Wildman–Crippen MR) is 102 cm³/mol. The summed E-state index contributed by atoms with van der Waals surface area (Å²) < 4.78 is 25.0. The molecule has 1 heteroatoms. The molecule has 0 atom stereocenters. The van der Waals surface area contributed by atoms with E-state index in [1.807, 2.05) is 32.0 Å². The van der Waals surface area contributed by atoms with Crippen LogP contribution in [0.25, 0.3) is 22.0 Å². The van der Waals surface area contributed by atoms with Crippen molar-refractivity contribution >= 4 is 10.8 Å². The van der Waals surface area contributed by atoms with Crippen molar-refractivity contribution in [1.29, 1.82) is 0 Å². The predicted octanol–water partition coefficient (Wildman–Crippen LogP) is 6.25. The van der Waals surface area contributed by atoms with Gasteiger partial charge in [-0.3, -0.25) is 4.98 Å². The van der Waals surface area contributed by atoms with E-state index in [1.165, 1.54) is 31.2 Å². The Balaban J connectivity index is 1.88. The molecule has 0 saturated heterocycles. The van der Waals surface area contributed by atoms with Crippen molar-refractivity contribution in [2.45, 2.75) is 46.0 Å². The van der Waals surface area contributed by atoms with Gasteiger partial charge in [-0.25, -0.2) is 0 Å². The van der Waals surface area contributed by atoms with Crippen LogP contribution < -0.4 is 0 Å². The van der Waals surface area contributed by atoms with E-state index < -0.39 is 0 Å². The molecule has 0 aliphatic heterocycles. The maximum atomic E-state index is 8.47. The molecule has 0 bridgehead atoms. The van der Waals surface area contributed by atoms with Gasteiger partial charge in [0.25, 0.3) is 0 Å². The number of rotatable bonds is 3. The lowest BCUT2D eigenvalue weighted by Crippen LogP contribution is -1.98. The fourth-order valence-corrected chi connectivity index (χ4v) is 4.01. The number of hydrogen-bond donors (Lipinski definition) is 0. The van der Waals surface area contributed by atoms with Crippen LogP contribution in [0.1, 0.15) is 46.5 Å². The Bertz CT molecular complexity index is 1020. The van der Waals surface area contributed by atoms with Gasteiger partial charge in [0.2, 0.25) is 0 Å². The van der Waals surface area contributed by atoms with Crippen LogP contribution in [-0.2, 0) is 6.42 Å². The van der Waals surface area contributed by atoms with Gasteiger partial charge in [0.1, 0.15) is 0 Å². The van der Waals surface area contributed by atoms with Gasteiger partial charge in [0.05, 0.1) is 9.81 Å². The fourth-order valence-electron chi connectivity index (χ4n) is 4.01. The lowest BCUT2D eigenvalue weighted by Gasteiger charge is -2.12. The molecule has 1 aliphatic carbocycles. The largest absolute Gasteiger partial charge is 0.256 e. The Hall–Kier alpha value is -2.15. The van der Waals surface area contributed by atoms with E-state index in [4.69, 9.17) is 4.11 Å². The summed E-state index contributed by atoms with van der Waals surface area (Å²) in [7, 11) is 0. The Morgan fingerprint density at radius 2 is 1.92 bits per heavy atom. The summed E-state index contributed by atoms with van der Waals surface area (Å²) >= 11 is 0. The third-order valence-electron chi connectivity index (χ3n) is 5.10. The first kappa shape index (κ1) is 12.2. The highest BCUT2D eigenvalue weighted by atomic mass is 14.7.